The van der Waals surface area contributed by atoms with Crippen LogP contribution in [0, 0.1) is 11.8 Å². The molecule has 6 nitrogen and oxygen atoms in total. The van der Waals surface area contributed by atoms with E-state index in [1.807, 2.05) is 19.2 Å². The molecule has 3 rings (SSSR count). The number of aromatic nitrogens is 1. The second-order valence-electron chi connectivity index (χ2n) is 6.32. The molecule has 0 amide bonds. The van der Waals surface area contributed by atoms with Crippen molar-refractivity contribution in [2.45, 2.75) is 26.3 Å². The van der Waals surface area contributed by atoms with Crippen molar-refractivity contribution in [3.63, 3.8) is 0 Å². The molecule has 26 heavy (non-hydrogen) atoms. The number of nitrogens with two attached hydrogens (primary N) is 1. The fourth-order valence-corrected chi connectivity index (χ4v) is 4.51. The molecule has 0 spiro atoms. The van der Waals surface area contributed by atoms with E-state index in [0.29, 0.717) is 0 Å². The fourth-order valence-electron chi connectivity index (χ4n) is 2.33. The van der Waals surface area contributed by atoms with Gasteiger partial charge in [0.15, 0.2) is 0 Å². The first-order valence-electron chi connectivity index (χ1n) is 7.88. The van der Waals surface area contributed by atoms with Gasteiger partial charge in [0.05, 0.1) is 11.3 Å². The Hall–Kier alpha value is -2.37. The highest BCUT2D eigenvalue weighted by molar-refractivity contribution is 7.89. The molecule has 0 aliphatic carbocycles. The predicted octanol–water partition coefficient (Wildman–Crippen LogP) is 2.54. The largest absolute Gasteiger partial charge is 0.369 e. The molecule has 0 bridgehead atoms. The lowest BCUT2D eigenvalue weighted by Crippen LogP contribution is -2.50. The number of rotatable bonds is 1. The molecule has 138 valence electrons. The topological polar surface area (TPSA) is 88.7 Å². The Bertz CT molecular complexity index is 953. The van der Waals surface area contributed by atoms with Crippen LogP contribution in [0.15, 0.2) is 41.0 Å². The maximum absolute atomic E-state index is 11.4. The second kappa shape index (κ2) is 7.89. The number of hydrogen-bond acceptors (Lipinski definition) is 6. The average Bonchev–Trinajstić information content (AvgIpc) is 3.07. The lowest BCUT2D eigenvalue weighted by atomic mass is 10.1. The van der Waals surface area contributed by atoms with Gasteiger partial charge < -0.3 is 5.73 Å². The van der Waals surface area contributed by atoms with E-state index in [0.717, 1.165) is 15.4 Å². The third-order valence-electron chi connectivity index (χ3n) is 3.51. The number of sulfonamides is 1. The van der Waals surface area contributed by atoms with Gasteiger partial charge in [-0.3, -0.25) is 4.98 Å². The van der Waals surface area contributed by atoms with Gasteiger partial charge in [0, 0.05) is 35.4 Å². The third-order valence-corrected chi connectivity index (χ3v) is 6.52. The van der Waals surface area contributed by atoms with Crippen molar-refractivity contribution >= 4 is 27.3 Å². The average molecular weight is 391 g/mol. The Kier molecular flexibility index (Phi) is 6.05. The van der Waals surface area contributed by atoms with Crippen LogP contribution in [0.2, 0.25) is 0 Å². The molecule has 0 aromatic carbocycles. The minimum atomic E-state index is -3.24. The number of nitrogens with zero attached hydrogens (tertiary/aromatic N) is 3. The van der Waals surface area contributed by atoms with Crippen molar-refractivity contribution in [2.75, 3.05) is 12.8 Å². The first-order chi connectivity index (χ1) is 12.1. The molecule has 0 saturated carbocycles. The lowest BCUT2D eigenvalue weighted by molar-refractivity contribution is 0.489. The van der Waals surface area contributed by atoms with E-state index >= 15 is 0 Å². The van der Waals surface area contributed by atoms with Gasteiger partial charge >= 0.3 is 0 Å². The number of pyridine rings is 1. The highest BCUT2D eigenvalue weighted by atomic mass is 32.2. The number of guanidine groups is 1. The van der Waals surface area contributed by atoms with Crippen LogP contribution in [0.4, 0.5) is 0 Å². The molecule has 2 N–H and O–H groups in total. The predicted molar refractivity (Wildman–Crippen MR) is 107 cm³/mol. The zero-order valence-corrected chi connectivity index (χ0v) is 16.9. The number of aliphatic imine (C=N–C) groups is 1. The summed E-state index contributed by atoms with van der Waals surface area (Å²) < 4.78 is 23.8. The maximum atomic E-state index is 11.4. The van der Waals surface area contributed by atoms with Crippen molar-refractivity contribution in [3.8, 4) is 22.3 Å². The summed E-state index contributed by atoms with van der Waals surface area (Å²) in [5.41, 5.74) is 6.93. The number of thiophene rings is 1. The van der Waals surface area contributed by atoms with E-state index < -0.39 is 15.6 Å². The second-order valence-corrected chi connectivity index (χ2v) is 9.27. The summed E-state index contributed by atoms with van der Waals surface area (Å²) >= 11 is 1.71. The molecule has 0 radical (unpaired) electrons. The maximum Gasteiger partial charge on any atom is 0.239 e. The van der Waals surface area contributed by atoms with E-state index in [2.05, 4.69) is 39.3 Å². The van der Waals surface area contributed by atoms with Gasteiger partial charge in [-0.25, -0.2) is 17.7 Å². The first kappa shape index (κ1) is 19.9. The van der Waals surface area contributed by atoms with Crippen LogP contribution in [0.5, 0.6) is 0 Å². The van der Waals surface area contributed by atoms with Gasteiger partial charge in [-0.2, -0.15) is 0 Å². The highest BCUT2D eigenvalue weighted by Gasteiger charge is 2.35. The quantitative estimate of drug-likeness (QED) is 0.758. The smallest absolute Gasteiger partial charge is 0.239 e. The van der Waals surface area contributed by atoms with Gasteiger partial charge in [-0.05, 0) is 38.3 Å². The van der Waals surface area contributed by atoms with Crippen LogP contribution in [-0.4, -0.2) is 42.0 Å². The Balaban J connectivity index is 0.000000190. The molecule has 2 aromatic heterocycles. The van der Waals surface area contributed by atoms with Crippen LogP contribution in [0.1, 0.15) is 26.3 Å². The summed E-state index contributed by atoms with van der Waals surface area (Å²) in [5.74, 6) is 5.94. The molecule has 0 fully saturated rings. The standard InChI is InChI=1S/C12H9NS.C6H13N3O2S/c1-2-4-10-7-11(9-13-8-10)12-5-3-6-14-12;1-6(2)4-12(10,11)9(3)5(7)8-6/h3,5-9H,1H3;4H2,1-3H3,(H2,7,8). The molecule has 8 heteroatoms. The summed E-state index contributed by atoms with van der Waals surface area (Å²) in [7, 11) is -1.83. The van der Waals surface area contributed by atoms with Crippen molar-refractivity contribution in [2.24, 2.45) is 10.7 Å². The van der Waals surface area contributed by atoms with Crippen LogP contribution in [-0.2, 0) is 10.0 Å². The van der Waals surface area contributed by atoms with Crippen LogP contribution >= 0.6 is 11.3 Å². The third kappa shape index (κ3) is 5.07. The van der Waals surface area contributed by atoms with Crippen molar-refractivity contribution in [3.05, 3.63) is 41.5 Å². The van der Waals surface area contributed by atoms with Crippen molar-refractivity contribution in [1.29, 1.82) is 0 Å². The molecule has 1 aliphatic heterocycles. The molecule has 0 unspecified atom stereocenters. The van der Waals surface area contributed by atoms with E-state index in [1.54, 1.807) is 31.4 Å². The van der Waals surface area contributed by atoms with Gasteiger partial charge in [0.2, 0.25) is 16.0 Å². The fraction of sp³-hybridized carbons (Fsp3) is 0.333. The molecular weight excluding hydrogens is 368 g/mol. The zero-order valence-electron chi connectivity index (χ0n) is 15.2. The van der Waals surface area contributed by atoms with Gasteiger partial charge in [-0.15, -0.1) is 17.3 Å². The van der Waals surface area contributed by atoms with Crippen LogP contribution in [0.25, 0.3) is 10.4 Å². The monoisotopic (exact) mass is 390 g/mol. The molecule has 2 aromatic rings. The minimum Gasteiger partial charge on any atom is -0.369 e. The van der Waals surface area contributed by atoms with Crippen LogP contribution in [0.3, 0.4) is 0 Å². The minimum absolute atomic E-state index is 0.0111. The summed E-state index contributed by atoms with van der Waals surface area (Å²) in [5, 5.41) is 2.06. The Morgan fingerprint density at radius 2 is 2.08 bits per heavy atom. The highest BCUT2D eigenvalue weighted by Crippen LogP contribution is 2.24. The van der Waals surface area contributed by atoms with Gasteiger partial charge in [0.1, 0.15) is 0 Å². The van der Waals surface area contributed by atoms with Crippen molar-refractivity contribution < 1.29 is 8.42 Å². The lowest BCUT2D eigenvalue weighted by Gasteiger charge is -2.31. The summed E-state index contributed by atoms with van der Waals surface area (Å²) in [6.45, 7) is 5.31. The van der Waals surface area contributed by atoms with Gasteiger partial charge in [-0.1, -0.05) is 12.0 Å². The summed E-state index contributed by atoms with van der Waals surface area (Å²) in [6.07, 6.45) is 3.65. The Morgan fingerprint density at radius 3 is 2.65 bits per heavy atom. The Labute approximate surface area is 158 Å². The van der Waals surface area contributed by atoms with Crippen molar-refractivity contribution in [1.82, 2.24) is 9.29 Å². The molecule has 0 saturated heterocycles. The first-order valence-corrected chi connectivity index (χ1v) is 10.4. The molecule has 0 atom stereocenters. The molecular formula is C18H22N4O2S2. The molecule has 3 heterocycles. The zero-order chi connectivity index (χ0) is 19.4. The van der Waals surface area contributed by atoms with Crippen LogP contribution < -0.4 is 5.73 Å². The Morgan fingerprint density at radius 1 is 1.35 bits per heavy atom. The summed E-state index contributed by atoms with van der Waals surface area (Å²) in [6, 6.07) is 6.19. The van der Waals surface area contributed by atoms with E-state index in [-0.39, 0.29) is 11.7 Å². The SMILES string of the molecule is CC#Cc1cncc(-c2cccs2)c1.CN1C(N)=NC(C)(C)CS1(=O)=O. The van der Waals surface area contributed by atoms with E-state index in [4.69, 9.17) is 5.73 Å². The van der Waals surface area contributed by atoms with Gasteiger partial charge in [0.25, 0.3) is 0 Å². The van der Waals surface area contributed by atoms with E-state index in [9.17, 15) is 8.42 Å². The van der Waals surface area contributed by atoms with E-state index in [1.165, 1.54) is 11.9 Å². The normalized spacial score (nSPS) is 17.2. The number of hydrogen-bond donors (Lipinski definition) is 1. The molecule has 1 aliphatic rings. The summed E-state index contributed by atoms with van der Waals surface area (Å²) in [4.78, 5) is 9.43.